The first kappa shape index (κ1) is 19.0. The van der Waals surface area contributed by atoms with E-state index in [2.05, 4.69) is 11.7 Å². The SMILES string of the molecule is C=CCn1c(C)nn(C[NH+]2CCN(S(=O)(=O)c3ccccc3)CC2)c1=S. The fraction of sp³-hybridized carbons (Fsp3) is 0.412. The van der Waals surface area contributed by atoms with Crippen LogP contribution in [-0.2, 0) is 23.2 Å². The van der Waals surface area contributed by atoms with E-state index in [0.717, 1.165) is 18.9 Å². The summed E-state index contributed by atoms with van der Waals surface area (Å²) in [7, 11) is -3.41. The first-order chi connectivity index (χ1) is 12.4. The highest BCUT2D eigenvalue weighted by atomic mass is 32.2. The van der Waals surface area contributed by atoms with Crippen LogP contribution >= 0.6 is 12.2 Å². The Hall–Kier alpha value is -1.81. The van der Waals surface area contributed by atoms with Gasteiger partial charge in [-0.05, 0) is 31.3 Å². The minimum absolute atomic E-state index is 0.351. The maximum Gasteiger partial charge on any atom is 0.243 e. The van der Waals surface area contributed by atoms with Crippen LogP contribution in [0.2, 0.25) is 0 Å². The first-order valence-electron chi connectivity index (χ1n) is 8.57. The van der Waals surface area contributed by atoms with Crippen LogP contribution in [-0.4, -0.2) is 53.2 Å². The minimum atomic E-state index is -3.41. The van der Waals surface area contributed by atoms with Crippen LogP contribution in [0.15, 0.2) is 47.9 Å². The summed E-state index contributed by atoms with van der Waals surface area (Å²) >= 11 is 5.49. The highest BCUT2D eigenvalue weighted by Crippen LogP contribution is 2.14. The second-order valence-electron chi connectivity index (χ2n) is 6.35. The number of nitrogens with one attached hydrogen (secondary N) is 1. The molecule has 2 heterocycles. The molecule has 1 N–H and O–H groups in total. The Kier molecular flexibility index (Phi) is 5.71. The highest BCUT2D eigenvalue weighted by Gasteiger charge is 2.30. The molecule has 1 aliphatic rings. The predicted molar refractivity (Wildman–Crippen MR) is 102 cm³/mol. The van der Waals surface area contributed by atoms with Gasteiger partial charge in [-0.1, -0.05) is 24.3 Å². The van der Waals surface area contributed by atoms with Gasteiger partial charge in [0.1, 0.15) is 5.82 Å². The van der Waals surface area contributed by atoms with Gasteiger partial charge in [0.2, 0.25) is 14.8 Å². The van der Waals surface area contributed by atoms with E-state index in [0.29, 0.717) is 36.0 Å². The van der Waals surface area contributed by atoms with Crippen molar-refractivity contribution in [3.05, 3.63) is 53.6 Å². The van der Waals surface area contributed by atoms with Crippen molar-refractivity contribution >= 4 is 22.2 Å². The van der Waals surface area contributed by atoms with Crippen LogP contribution in [0.25, 0.3) is 0 Å². The molecule has 7 nitrogen and oxygen atoms in total. The molecular weight excluding hydrogens is 370 g/mol. The van der Waals surface area contributed by atoms with E-state index < -0.39 is 10.0 Å². The van der Waals surface area contributed by atoms with E-state index >= 15 is 0 Å². The molecule has 0 amide bonds. The summed E-state index contributed by atoms with van der Waals surface area (Å²) in [6, 6.07) is 8.60. The molecule has 0 atom stereocenters. The lowest BCUT2D eigenvalue weighted by Gasteiger charge is -2.31. The van der Waals surface area contributed by atoms with Crippen molar-refractivity contribution in [2.75, 3.05) is 26.2 Å². The van der Waals surface area contributed by atoms with Crippen molar-refractivity contribution in [1.82, 2.24) is 18.7 Å². The van der Waals surface area contributed by atoms with E-state index in [9.17, 15) is 8.42 Å². The Morgan fingerprint density at radius 2 is 1.92 bits per heavy atom. The number of benzene rings is 1. The van der Waals surface area contributed by atoms with Crippen LogP contribution in [0.3, 0.4) is 0 Å². The molecule has 0 saturated carbocycles. The number of allylic oxidation sites excluding steroid dienone is 1. The molecule has 0 aliphatic carbocycles. The van der Waals surface area contributed by atoms with Gasteiger partial charge in [-0.25, -0.2) is 8.42 Å². The lowest BCUT2D eigenvalue weighted by Crippen LogP contribution is -3.14. The highest BCUT2D eigenvalue weighted by molar-refractivity contribution is 7.89. The molecule has 140 valence electrons. The smallest absolute Gasteiger partial charge is 0.243 e. The second kappa shape index (κ2) is 7.83. The number of nitrogens with zero attached hydrogens (tertiary/aromatic N) is 4. The summed E-state index contributed by atoms with van der Waals surface area (Å²) in [4.78, 5) is 1.62. The number of quaternary nitrogens is 1. The molecule has 9 heteroatoms. The molecule has 1 aromatic carbocycles. The first-order valence-corrected chi connectivity index (χ1v) is 10.4. The third-order valence-corrected chi connectivity index (χ3v) is 6.95. The van der Waals surface area contributed by atoms with Gasteiger partial charge in [-0.3, -0.25) is 0 Å². The summed E-state index contributed by atoms with van der Waals surface area (Å²) in [6.45, 7) is 9.39. The number of piperazine rings is 1. The summed E-state index contributed by atoms with van der Waals surface area (Å²) in [6.07, 6.45) is 1.80. The van der Waals surface area contributed by atoms with Crippen LogP contribution in [0.1, 0.15) is 5.82 Å². The van der Waals surface area contributed by atoms with Crippen molar-refractivity contribution in [2.45, 2.75) is 25.0 Å². The second-order valence-corrected chi connectivity index (χ2v) is 8.66. The van der Waals surface area contributed by atoms with Gasteiger partial charge < -0.3 is 9.47 Å². The number of hydrogen-bond acceptors (Lipinski definition) is 4. The number of sulfonamides is 1. The van der Waals surface area contributed by atoms with Gasteiger partial charge in [0, 0.05) is 6.54 Å². The molecule has 2 aromatic rings. The van der Waals surface area contributed by atoms with E-state index in [1.807, 2.05) is 22.2 Å². The summed E-state index contributed by atoms with van der Waals surface area (Å²) in [5.41, 5.74) is 0. The van der Waals surface area contributed by atoms with Gasteiger partial charge in [0.25, 0.3) is 0 Å². The third-order valence-electron chi connectivity index (χ3n) is 4.60. The molecule has 0 unspecified atom stereocenters. The molecule has 1 saturated heterocycles. The van der Waals surface area contributed by atoms with Gasteiger partial charge in [0.05, 0.1) is 31.1 Å². The largest absolute Gasteiger partial charge is 0.314 e. The minimum Gasteiger partial charge on any atom is -0.314 e. The van der Waals surface area contributed by atoms with Crippen LogP contribution < -0.4 is 4.90 Å². The van der Waals surface area contributed by atoms with Crippen LogP contribution in [0, 0.1) is 11.7 Å². The molecule has 1 fully saturated rings. The lowest BCUT2D eigenvalue weighted by atomic mass is 10.4. The van der Waals surface area contributed by atoms with E-state index in [1.54, 1.807) is 34.6 Å². The van der Waals surface area contributed by atoms with Gasteiger partial charge >= 0.3 is 0 Å². The Morgan fingerprint density at radius 1 is 1.27 bits per heavy atom. The van der Waals surface area contributed by atoms with Crippen molar-refractivity contribution in [2.24, 2.45) is 0 Å². The Morgan fingerprint density at radius 3 is 2.54 bits per heavy atom. The molecule has 0 bridgehead atoms. The molecule has 26 heavy (non-hydrogen) atoms. The maximum absolute atomic E-state index is 12.7. The summed E-state index contributed by atoms with van der Waals surface area (Å²) in [5, 5.41) is 4.51. The standard InChI is InChI=1S/C17H23N5O2S2/c1-3-9-21-15(2)18-22(17(21)25)14-19-10-12-20(13-11-19)26(23,24)16-7-5-4-6-8-16/h3-8H,1,9-14H2,2H3/p+1. The van der Waals surface area contributed by atoms with Crippen molar-refractivity contribution in [3.63, 3.8) is 0 Å². The quantitative estimate of drug-likeness (QED) is 0.571. The fourth-order valence-corrected chi connectivity index (χ4v) is 4.92. The lowest BCUT2D eigenvalue weighted by molar-refractivity contribution is -0.926. The van der Waals surface area contributed by atoms with Crippen LogP contribution in [0.5, 0.6) is 0 Å². The summed E-state index contributed by atoms with van der Waals surface area (Å²) < 4.78 is 31.4. The predicted octanol–water partition coefficient (Wildman–Crippen LogP) is 0.455. The Balaban J connectivity index is 1.65. The maximum atomic E-state index is 12.7. The van der Waals surface area contributed by atoms with Crippen molar-refractivity contribution < 1.29 is 13.3 Å². The fourth-order valence-electron chi connectivity index (χ4n) is 3.15. The molecule has 0 radical (unpaired) electrons. The van der Waals surface area contributed by atoms with E-state index in [-0.39, 0.29) is 0 Å². The molecule has 3 rings (SSSR count). The number of aryl methyl sites for hydroxylation is 1. The Labute approximate surface area is 159 Å². The molecule has 1 aromatic heterocycles. The van der Waals surface area contributed by atoms with Crippen molar-refractivity contribution in [3.8, 4) is 0 Å². The van der Waals surface area contributed by atoms with Crippen LogP contribution in [0.4, 0.5) is 0 Å². The van der Waals surface area contributed by atoms with E-state index in [1.165, 1.54) is 4.90 Å². The number of hydrogen-bond donors (Lipinski definition) is 1. The van der Waals surface area contributed by atoms with Crippen molar-refractivity contribution in [1.29, 1.82) is 0 Å². The zero-order valence-corrected chi connectivity index (χ0v) is 16.5. The van der Waals surface area contributed by atoms with Gasteiger partial charge in [-0.2, -0.15) is 14.1 Å². The number of aromatic nitrogens is 3. The molecule has 0 spiro atoms. The Bertz CT molecular complexity index is 926. The third kappa shape index (κ3) is 3.80. The zero-order chi connectivity index (χ0) is 18.7. The number of rotatable bonds is 6. The topological polar surface area (TPSA) is 64.6 Å². The summed E-state index contributed by atoms with van der Waals surface area (Å²) in [5.74, 6) is 0.861. The average molecular weight is 395 g/mol. The van der Waals surface area contributed by atoms with Gasteiger partial charge in [-0.15, -0.1) is 6.58 Å². The molecular formula is C17H24N5O2S2+. The van der Waals surface area contributed by atoms with E-state index in [4.69, 9.17) is 12.2 Å². The molecule has 1 aliphatic heterocycles. The monoisotopic (exact) mass is 394 g/mol. The average Bonchev–Trinajstić information content (AvgIpc) is 2.91. The normalized spacial score (nSPS) is 16.7. The zero-order valence-electron chi connectivity index (χ0n) is 14.8. The van der Waals surface area contributed by atoms with Gasteiger partial charge in [0.15, 0.2) is 6.67 Å².